The predicted molar refractivity (Wildman–Crippen MR) is 69.6 cm³/mol. The van der Waals surface area contributed by atoms with Gasteiger partial charge in [-0.25, -0.2) is 13.6 Å². The molecule has 1 aromatic rings. The third kappa shape index (κ3) is 7.08. The summed E-state index contributed by atoms with van der Waals surface area (Å²) in [4.78, 5) is 11.3. The molecule has 0 aliphatic heterocycles. The Balaban J connectivity index is 2.25. The molecule has 7 heteroatoms. The molecule has 0 saturated carbocycles. The first kappa shape index (κ1) is 16.4. The van der Waals surface area contributed by atoms with Gasteiger partial charge in [0.2, 0.25) is 0 Å². The van der Waals surface area contributed by atoms with E-state index in [2.05, 4.69) is 5.32 Å². The van der Waals surface area contributed by atoms with Gasteiger partial charge >= 0.3 is 6.09 Å². The number of halogens is 2. The van der Waals surface area contributed by atoms with E-state index in [9.17, 15) is 13.6 Å². The van der Waals surface area contributed by atoms with Gasteiger partial charge in [0.05, 0.1) is 25.9 Å². The first-order valence-corrected chi connectivity index (χ1v) is 6.26. The fourth-order valence-corrected chi connectivity index (χ4v) is 1.36. The molecular weight excluding hydrogens is 270 g/mol. The largest absolute Gasteiger partial charge is 0.468 e. The smallest absolute Gasteiger partial charge is 0.407 e. The van der Waals surface area contributed by atoms with Crippen LogP contribution in [0.1, 0.15) is 26.5 Å². The normalized spacial score (nSPS) is 12.2. The summed E-state index contributed by atoms with van der Waals surface area (Å²) < 4.78 is 36.8. The molecule has 1 amide bonds. The number of ether oxygens (including phenoxy) is 1. The Hall–Kier alpha value is -1.63. The third-order valence-corrected chi connectivity index (χ3v) is 2.15. The molecule has 1 rings (SSSR count). The summed E-state index contributed by atoms with van der Waals surface area (Å²) in [5, 5.41) is 4.61. The molecule has 0 aliphatic rings. The highest BCUT2D eigenvalue weighted by atomic mass is 19.3. The van der Waals surface area contributed by atoms with E-state index in [1.165, 1.54) is 6.26 Å². The van der Waals surface area contributed by atoms with Gasteiger partial charge in [-0.2, -0.15) is 0 Å². The molecule has 0 spiro atoms. The van der Waals surface area contributed by atoms with Crippen LogP contribution in [-0.2, 0) is 11.3 Å². The average molecular weight is 290 g/mol. The van der Waals surface area contributed by atoms with Gasteiger partial charge in [0.1, 0.15) is 11.4 Å². The number of carbonyl (C=O) groups excluding carboxylic acids is 1. The molecule has 0 fully saturated rings. The lowest BCUT2D eigenvalue weighted by molar-refractivity contribution is -0.00403. The van der Waals surface area contributed by atoms with Crippen molar-refractivity contribution in [2.24, 2.45) is 0 Å². The van der Waals surface area contributed by atoms with E-state index in [4.69, 9.17) is 9.15 Å². The molecule has 0 radical (unpaired) electrons. The lowest BCUT2D eigenvalue weighted by atomic mass is 10.2. The number of nitrogens with one attached hydrogen (secondary N) is 2. The van der Waals surface area contributed by atoms with Crippen LogP contribution in [0.4, 0.5) is 13.6 Å². The zero-order chi connectivity index (χ0) is 15.2. The molecular formula is C13H20F2N2O3. The molecule has 20 heavy (non-hydrogen) atoms. The van der Waals surface area contributed by atoms with E-state index in [1.54, 1.807) is 32.9 Å². The van der Waals surface area contributed by atoms with Crippen LogP contribution in [0.15, 0.2) is 22.8 Å². The number of rotatable bonds is 6. The minimum Gasteiger partial charge on any atom is -0.468 e. The van der Waals surface area contributed by atoms with Crippen molar-refractivity contribution in [2.45, 2.75) is 38.8 Å². The lowest BCUT2D eigenvalue weighted by Crippen LogP contribution is -2.44. The zero-order valence-corrected chi connectivity index (χ0v) is 11.8. The Morgan fingerprint density at radius 1 is 1.35 bits per heavy atom. The minimum absolute atomic E-state index is 0.203. The van der Waals surface area contributed by atoms with Crippen LogP contribution in [0.25, 0.3) is 0 Å². The van der Waals surface area contributed by atoms with E-state index in [0.717, 1.165) is 0 Å². The predicted octanol–water partition coefficient (Wildman–Crippen LogP) is 2.53. The summed E-state index contributed by atoms with van der Waals surface area (Å²) in [6, 6.07) is 3.36. The highest BCUT2D eigenvalue weighted by Gasteiger charge is 2.30. The number of amides is 1. The Morgan fingerprint density at radius 2 is 2.05 bits per heavy atom. The molecule has 5 nitrogen and oxygen atoms in total. The van der Waals surface area contributed by atoms with E-state index in [-0.39, 0.29) is 6.54 Å². The number of furan rings is 1. The van der Waals surface area contributed by atoms with Gasteiger partial charge in [-0.1, -0.05) is 0 Å². The molecule has 1 heterocycles. The van der Waals surface area contributed by atoms with Gasteiger partial charge in [-0.3, -0.25) is 0 Å². The topological polar surface area (TPSA) is 63.5 Å². The van der Waals surface area contributed by atoms with Crippen molar-refractivity contribution >= 4 is 6.09 Å². The first-order valence-electron chi connectivity index (χ1n) is 6.26. The van der Waals surface area contributed by atoms with E-state index < -0.39 is 30.7 Å². The molecule has 0 aromatic carbocycles. The number of hydrogen-bond acceptors (Lipinski definition) is 4. The third-order valence-electron chi connectivity index (χ3n) is 2.15. The van der Waals surface area contributed by atoms with Crippen LogP contribution in [0.2, 0.25) is 0 Å². The number of carbonyl (C=O) groups is 1. The first-order chi connectivity index (χ1) is 9.18. The number of alkyl halides is 2. The average Bonchev–Trinajstić information content (AvgIpc) is 2.77. The maximum atomic E-state index is 13.5. The molecule has 0 saturated heterocycles. The van der Waals surface area contributed by atoms with Gasteiger partial charge in [-0.05, 0) is 32.9 Å². The van der Waals surface area contributed by atoms with Crippen LogP contribution >= 0.6 is 0 Å². The van der Waals surface area contributed by atoms with E-state index in [1.807, 2.05) is 5.32 Å². The van der Waals surface area contributed by atoms with Crippen LogP contribution < -0.4 is 10.6 Å². The minimum atomic E-state index is -3.07. The Labute approximate surface area is 116 Å². The Bertz CT molecular complexity index is 414. The second-order valence-electron chi connectivity index (χ2n) is 5.39. The SMILES string of the molecule is CC(C)(C)OC(=O)NCC(F)(F)CNCc1ccco1. The summed E-state index contributed by atoms with van der Waals surface area (Å²) in [7, 11) is 0. The summed E-state index contributed by atoms with van der Waals surface area (Å²) in [5.41, 5.74) is -0.711. The molecule has 0 atom stereocenters. The van der Waals surface area contributed by atoms with Crippen molar-refractivity contribution < 1.29 is 22.7 Å². The van der Waals surface area contributed by atoms with Crippen LogP contribution in [0, 0.1) is 0 Å². The number of hydrogen-bond donors (Lipinski definition) is 2. The zero-order valence-electron chi connectivity index (χ0n) is 11.8. The summed E-state index contributed by atoms with van der Waals surface area (Å²) in [5.74, 6) is -2.50. The van der Waals surface area contributed by atoms with Crippen molar-refractivity contribution in [3.63, 3.8) is 0 Å². The van der Waals surface area contributed by atoms with Crippen molar-refractivity contribution in [3.05, 3.63) is 24.2 Å². The Kier molecular flexibility index (Phi) is 5.50. The van der Waals surface area contributed by atoms with Gasteiger partial charge in [0.15, 0.2) is 0 Å². The second-order valence-corrected chi connectivity index (χ2v) is 5.39. The summed E-state index contributed by atoms with van der Waals surface area (Å²) in [6.07, 6.45) is 0.613. The molecule has 2 N–H and O–H groups in total. The van der Waals surface area contributed by atoms with Crippen LogP contribution in [-0.4, -0.2) is 30.7 Å². The lowest BCUT2D eigenvalue weighted by Gasteiger charge is -2.22. The van der Waals surface area contributed by atoms with Gasteiger partial charge in [-0.15, -0.1) is 0 Å². The monoisotopic (exact) mass is 290 g/mol. The van der Waals surface area contributed by atoms with Gasteiger partial charge < -0.3 is 19.8 Å². The second kappa shape index (κ2) is 6.69. The Morgan fingerprint density at radius 3 is 2.60 bits per heavy atom. The summed E-state index contributed by atoms with van der Waals surface area (Å²) in [6.45, 7) is 3.84. The molecule has 0 unspecified atom stereocenters. The standard InChI is InChI=1S/C13H20F2N2O3/c1-12(2,3)20-11(18)17-9-13(14,15)8-16-7-10-5-4-6-19-10/h4-6,16H,7-9H2,1-3H3,(H,17,18). The fourth-order valence-electron chi connectivity index (χ4n) is 1.36. The highest BCUT2D eigenvalue weighted by molar-refractivity contribution is 5.67. The van der Waals surface area contributed by atoms with Gasteiger partial charge in [0.25, 0.3) is 5.92 Å². The maximum Gasteiger partial charge on any atom is 0.407 e. The number of alkyl carbamates (subject to hydrolysis) is 1. The van der Waals surface area contributed by atoms with Crippen LogP contribution in [0.3, 0.4) is 0 Å². The van der Waals surface area contributed by atoms with Crippen molar-refractivity contribution in [3.8, 4) is 0 Å². The molecule has 0 aliphatic carbocycles. The molecule has 1 aromatic heterocycles. The van der Waals surface area contributed by atoms with E-state index in [0.29, 0.717) is 5.76 Å². The van der Waals surface area contributed by atoms with Crippen molar-refractivity contribution in [1.82, 2.24) is 10.6 Å². The molecule has 0 bridgehead atoms. The fraction of sp³-hybridized carbons (Fsp3) is 0.615. The van der Waals surface area contributed by atoms with E-state index >= 15 is 0 Å². The molecule has 114 valence electrons. The van der Waals surface area contributed by atoms with Crippen LogP contribution in [0.5, 0.6) is 0 Å². The maximum absolute atomic E-state index is 13.5. The quantitative estimate of drug-likeness (QED) is 0.845. The highest BCUT2D eigenvalue weighted by Crippen LogP contribution is 2.12. The van der Waals surface area contributed by atoms with Gasteiger partial charge in [0, 0.05) is 0 Å². The summed E-state index contributed by atoms with van der Waals surface area (Å²) >= 11 is 0. The van der Waals surface area contributed by atoms with Crippen molar-refractivity contribution in [2.75, 3.05) is 13.1 Å². The van der Waals surface area contributed by atoms with Crippen molar-refractivity contribution in [1.29, 1.82) is 0 Å².